The Labute approximate surface area is 169 Å². The summed E-state index contributed by atoms with van der Waals surface area (Å²) >= 11 is 3.51. The minimum atomic E-state index is 0.0103. The summed E-state index contributed by atoms with van der Waals surface area (Å²) in [5.41, 5.74) is 1.32. The molecule has 1 saturated heterocycles. The Hall–Kier alpha value is -2.15. The Kier molecular flexibility index (Phi) is 6.31. The van der Waals surface area contributed by atoms with Crippen LogP contribution in [0.3, 0.4) is 0 Å². The zero-order valence-electron chi connectivity index (χ0n) is 16.2. The van der Waals surface area contributed by atoms with Crippen molar-refractivity contribution >= 4 is 27.8 Å². The third-order valence-corrected chi connectivity index (χ3v) is 5.47. The van der Waals surface area contributed by atoms with Crippen molar-refractivity contribution in [2.75, 3.05) is 44.7 Å². The van der Waals surface area contributed by atoms with Crippen molar-refractivity contribution in [2.24, 2.45) is 4.99 Å². The minimum Gasteiger partial charge on any atom is -0.355 e. The van der Waals surface area contributed by atoms with E-state index in [-0.39, 0.29) is 5.41 Å². The summed E-state index contributed by atoms with van der Waals surface area (Å²) in [6.45, 7) is 8.90. The highest BCUT2D eigenvalue weighted by Crippen LogP contribution is 2.24. The lowest BCUT2D eigenvalue weighted by molar-refractivity contribution is 0.364. The van der Waals surface area contributed by atoms with Gasteiger partial charge in [0.2, 0.25) is 5.95 Å². The van der Waals surface area contributed by atoms with Gasteiger partial charge in [0.25, 0.3) is 0 Å². The van der Waals surface area contributed by atoms with Gasteiger partial charge in [-0.3, -0.25) is 4.99 Å². The van der Waals surface area contributed by atoms with Gasteiger partial charge in [0.15, 0.2) is 5.96 Å². The highest BCUT2D eigenvalue weighted by molar-refractivity contribution is 9.10. The molecule has 1 aromatic carbocycles. The number of hydrogen-bond acceptors (Lipinski definition) is 4. The number of hydrogen-bond donors (Lipinski definition) is 1. The molecule has 1 aliphatic rings. The van der Waals surface area contributed by atoms with Gasteiger partial charge < -0.3 is 15.1 Å². The molecule has 0 radical (unpaired) electrons. The lowest BCUT2D eigenvalue weighted by Crippen LogP contribution is -2.54. The minimum absolute atomic E-state index is 0.0103. The van der Waals surface area contributed by atoms with E-state index >= 15 is 0 Å². The van der Waals surface area contributed by atoms with Crippen molar-refractivity contribution in [2.45, 2.75) is 19.3 Å². The molecular weight excluding hydrogens is 404 g/mol. The second-order valence-corrected chi connectivity index (χ2v) is 8.23. The summed E-state index contributed by atoms with van der Waals surface area (Å²) in [6, 6.07) is 10.4. The first-order valence-corrected chi connectivity index (χ1v) is 10.0. The molecule has 27 heavy (non-hydrogen) atoms. The van der Waals surface area contributed by atoms with Crippen LogP contribution in [0.5, 0.6) is 0 Å². The van der Waals surface area contributed by atoms with E-state index in [1.54, 1.807) is 12.4 Å². The molecule has 0 saturated carbocycles. The largest absolute Gasteiger partial charge is 0.355 e. The van der Waals surface area contributed by atoms with E-state index in [0.717, 1.165) is 49.1 Å². The van der Waals surface area contributed by atoms with Crippen LogP contribution in [0.25, 0.3) is 0 Å². The van der Waals surface area contributed by atoms with Gasteiger partial charge in [0.1, 0.15) is 0 Å². The summed E-state index contributed by atoms with van der Waals surface area (Å²) in [4.78, 5) is 17.7. The van der Waals surface area contributed by atoms with E-state index in [9.17, 15) is 0 Å². The van der Waals surface area contributed by atoms with Crippen LogP contribution >= 0.6 is 15.9 Å². The first kappa shape index (κ1) is 19.6. The number of anilines is 1. The van der Waals surface area contributed by atoms with Crippen LogP contribution in [-0.4, -0.2) is 60.6 Å². The Morgan fingerprint density at radius 1 is 1.11 bits per heavy atom. The van der Waals surface area contributed by atoms with Crippen LogP contribution < -0.4 is 10.2 Å². The number of halogens is 1. The molecule has 0 aliphatic carbocycles. The highest BCUT2D eigenvalue weighted by Gasteiger charge is 2.24. The van der Waals surface area contributed by atoms with E-state index in [4.69, 9.17) is 0 Å². The molecule has 0 atom stereocenters. The Balaban J connectivity index is 1.56. The van der Waals surface area contributed by atoms with E-state index in [0.29, 0.717) is 0 Å². The van der Waals surface area contributed by atoms with Crippen molar-refractivity contribution in [3.05, 3.63) is 52.8 Å². The number of piperazine rings is 1. The molecule has 1 aliphatic heterocycles. The van der Waals surface area contributed by atoms with Crippen LogP contribution in [-0.2, 0) is 5.41 Å². The van der Waals surface area contributed by atoms with Crippen molar-refractivity contribution in [1.29, 1.82) is 0 Å². The van der Waals surface area contributed by atoms with Gasteiger partial charge in [-0.05, 0) is 23.8 Å². The maximum Gasteiger partial charge on any atom is 0.225 e. The Morgan fingerprint density at radius 3 is 2.33 bits per heavy atom. The molecule has 2 aromatic rings. The summed E-state index contributed by atoms with van der Waals surface area (Å²) in [5, 5.41) is 3.56. The monoisotopic (exact) mass is 430 g/mol. The molecule has 0 bridgehead atoms. The number of aromatic nitrogens is 2. The Bertz CT molecular complexity index is 752. The van der Waals surface area contributed by atoms with Gasteiger partial charge in [0, 0.05) is 62.1 Å². The van der Waals surface area contributed by atoms with E-state index in [1.807, 2.05) is 13.1 Å². The van der Waals surface area contributed by atoms with Crippen LogP contribution in [0.15, 0.2) is 52.2 Å². The number of benzene rings is 1. The van der Waals surface area contributed by atoms with Crippen LogP contribution in [0.1, 0.15) is 19.4 Å². The third-order valence-electron chi connectivity index (χ3n) is 4.94. The lowest BCUT2D eigenvalue weighted by atomic mass is 9.85. The van der Waals surface area contributed by atoms with Gasteiger partial charge in [-0.25, -0.2) is 9.97 Å². The van der Waals surface area contributed by atoms with Crippen molar-refractivity contribution in [3.8, 4) is 0 Å². The quantitative estimate of drug-likeness (QED) is 0.596. The standard InChI is InChI=1S/C20H27BrN6/c1-20(2,16-5-7-17(21)8-6-16)15-25-18(22-3)26-11-13-27(14-12-26)19-23-9-4-10-24-19/h4-10H,11-15H2,1-3H3,(H,22,25). The fourth-order valence-corrected chi connectivity index (χ4v) is 3.47. The van der Waals surface area contributed by atoms with Crippen molar-refractivity contribution in [1.82, 2.24) is 20.2 Å². The normalized spacial score (nSPS) is 15.8. The van der Waals surface area contributed by atoms with Gasteiger partial charge >= 0.3 is 0 Å². The smallest absolute Gasteiger partial charge is 0.225 e. The van der Waals surface area contributed by atoms with Gasteiger partial charge in [-0.2, -0.15) is 0 Å². The van der Waals surface area contributed by atoms with E-state index < -0.39 is 0 Å². The van der Waals surface area contributed by atoms with Crippen LogP contribution in [0.2, 0.25) is 0 Å². The maximum atomic E-state index is 4.49. The number of rotatable bonds is 4. The molecule has 6 nitrogen and oxygen atoms in total. The molecule has 3 rings (SSSR count). The molecule has 0 unspecified atom stereocenters. The molecule has 0 amide bonds. The first-order chi connectivity index (χ1) is 13.0. The Morgan fingerprint density at radius 2 is 1.74 bits per heavy atom. The number of nitrogens with one attached hydrogen (secondary N) is 1. The fourth-order valence-electron chi connectivity index (χ4n) is 3.21. The average Bonchev–Trinajstić information content (AvgIpc) is 2.70. The second-order valence-electron chi connectivity index (χ2n) is 7.31. The highest BCUT2D eigenvalue weighted by atomic mass is 79.9. The predicted octanol–water partition coefficient (Wildman–Crippen LogP) is 2.91. The molecule has 1 fully saturated rings. The molecule has 1 N–H and O–H groups in total. The van der Waals surface area contributed by atoms with E-state index in [1.165, 1.54) is 5.56 Å². The molecule has 0 spiro atoms. The summed E-state index contributed by atoms with van der Waals surface area (Å²) < 4.78 is 1.10. The second kappa shape index (κ2) is 8.69. The van der Waals surface area contributed by atoms with Gasteiger partial charge in [0.05, 0.1) is 0 Å². The topological polar surface area (TPSA) is 56.7 Å². The average molecular weight is 431 g/mol. The van der Waals surface area contributed by atoms with Crippen molar-refractivity contribution in [3.63, 3.8) is 0 Å². The maximum absolute atomic E-state index is 4.49. The molecular formula is C20H27BrN6. The molecule has 7 heteroatoms. The summed E-state index contributed by atoms with van der Waals surface area (Å²) in [6.07, 6.45) is 3.58. The van der Waals surface area contributed by atoms with Gasteiger partial charge in [-0.15, -0.1) is 0 Å². The summed E-state index contributed by atoms with van der Waals surface area (Å²) in [7, 11) is 1.85. The third kappa shape index (κ3) is 4.97. The number of guanidine groups is 1. The number of nitrogens with zero attached hydrogens (tertiary/aromatic N) is 5. The summed E-state index contributed by atoms with van der Waals surface area (Å²) in [5.74, 6) is 1.75. The van der Waals surface area contributed by atoms with Crippen LogP contribution in [0, 0.1) is 0 Å². The van der Waals surface area contributed by atoms with Crippen molar-refractivity contribution < 1.29 is 0 Å². The van der Waals surface area contributed by atoms with Gasteiger partial charge in [-0.1, -0.05) is 41.9 Å². The van der Waals surface area contributed by atoms with E-state index in [2.05, 4.69) is 84.1 Å². The fraction of sp³-hybridized carbons (Fsp3) is 0.450. The first-order valence-electron chi connectivity index (χ1n) is 9.23. The SMILES string of the molecule is CN=C(NCC(C)(C)c1ccc(Br)cc1)N1CCN(c2ncccn2)CC1. The van der Waals surface area contributed by atoms with Crippen LogP contribution in [0.4, 0.5) is 5.95 Å². The molecule has 2 heterocycles. The lowest BCUT2D eigenvalue weighted by Gasteiger charge is -2.37. The zero-order valence-corrected chi connectivity index (χ0v) is 17.8. The molecule has 1 aromatic heterocycles. The molecule has 144 valence electrons. The predicted molar refractivity (Wildman–Crippen MR) is 114 cm³/mol. The zero-order chi connectivity index (χ0) is 19.3. The number of aliphatic imine (C=N–C) groups is 1.